The van der Waals surface area contributed by atoms with Crippen molar-refractivity contribution in [1.82, 2.24) is 34.4 Å². The molecule has 1 atom stereocenters. The van der Waals surface area contributed by atoms with E-state index in [2.05, 4.69) is 36.8 Å². The maximum absolute atomic E-state index is 14.6. The minimum absolute atomic E-state index is 0.126. The lowest BCUT2D eigenvalue weighted by Crippen LogP contribution is -2.29. The Bertz CT molecular complexity index is 1770. The first-order chi connectivity index (χ1) is 19.4. The number of aryl methyl sites for hydroxylation is 2. The van der Waals surface area contributed by atoms with Crippen LogP contribution in [0.2, 0.25) is 0 Å². The van der Waals surface area contributed by atoms with Crippen molar-refractivity contribution in [1.29, 1.82) is 0 Å². The third kappa shape index (κ3) is 4.86. The van der Waals surface area contributed by atoms with E-state index in [4.69, 9.17) is 9.47 Å². The van der Waals surface area contributed by atoms with Crippen LogP contribution in [0.25, 0.3) is 22.1 Å². The highest BCUT2D eigenvalue weighted by Crippen LogP contribution is 2.32. The zero-order chi connectivity index (χ0) is 27.8. The number of rotatable bonds is 7. The highest BCUT2D eigenvalue weighted by Gasteiger charge is 2.27. The van der Waals surface area contributed by atoms with Crippen molar-refractivity contribution in [3.63, 3.8) is 0 Å². The molecule has 202 valence electrons. The van der Waals surface area contributed by atoms with Gasteiger partial charge in [-0.1, -0.05) is 6.58 Å². The van der Waals surface area contributed by atoms with Crippen LogP contribution in [0.4, 0.5) is 15.9 Å². The lowest BCUT2D eigenvalue weighted by molar-refractivity contribution is -0.125. The van der Waals surface area contributed by atoms with Gasteiger partial charge in [0.2, 0.25) is 5.91 Å². The van der Waals surface area contributed by atoms with Crippen LogP contribution in [0.1, 0.15) is 12.0 Å². The molecule has 3 aromatic heterocycles. The molecule has 0 aliphatic carbocycles. The number of aromatic nitrogens is 6. The summed E-state index contributed by atoms with van der Waals surface area (Å²) in [6.45, 7) is 6.46. The number of hydrogen-bond donors (Lipinski definition) is 1. The first-order valence-corrected chi connectivity index (χ1v) is 12.6. The van der Waals surface area contributed by atoms with E-state index in [1.54, 1.807) is 41.2 Å². The number of ether oxygens (including phenoxy) is 2. The molecule has 4 heterocycles. The van der Waals surface area contributed by atoms with Crippen LogP contribution < -0.4 is 14.8 Å². The number of benzene rings is 2. The molecule has 1 N–H and O–H groups in total. The van der Waals surface area contributed by atoms with Crippen molar-refractivity contribution in [3.05, 3.63) is 73.2 Å². The van der Waals surface area contributed by atoms with Gasteiger partial charge in [-0.25, -0.2) is 24.3 Å². The summed E-state index contributed by atoms with van der Waals surface area (Å²) < 4.78 is 28.2. The fourth-order valence-corrected chi connectivity index (χ4v) is 4.67. The van der Waals surface area contributed by atoms with Crippen LogP contribution in [0, 0.1) is 12.7 Å². The van der Waals surface area contributed by atoms with Crippen LogP contribution >= 0.6 is 0 Å². The minimum Gasteiger partial charge on any atom is -0.458 e. The second-order valence-electron chi connectivity index (χ2n) is 9.46. The molecule has 12 heteroatoms. The molecule has 11 nitrogen and oxygen atoms in total. The topological polar surface area (TPSA) is 120 Å². The van der Waals surface area contributed by atoms with Crippen molar-refractivity contribution < 1.29 is 18.7 Å². The molecule has 1 amide bonds. The zero-order valence-corrected chi connectivity index (χ0v) is 21.8. The summed E-state index contributed by atoms with van der Waals surface area (Å²) >= 11 is 0. The van der Waals surface area contributed by atoms with E-state index in [0.717, 1.165) is 11.3 Å². The van der Waals surface area contributed by atoms with Crippen molar-refractivity contribution in [2.75, 3.05) is 18.4 Å². The smallest absolute Gasteiger partial charge is 0.317 e. The second kappa shape index (κ2) is 10.2. The van der Waals surface area contributed by atoms with Gasteiger partial charge in [0, 0.05) is 37.8 Å². The Balaban J connectivity index is 1.20. The number of nitrogens with zero attached hydrogens (tertiary/aromatic N) is 7. The molecule has 6 rings (SSSR count). The molecule has 0 radical (unpaired) electrons. The number of halogens is 1. The normalized spacial score (nSPS) is 15.0. The van der Waals surface area contributed by atoms with E-state index < -0.39 is 5.82 Å². The quantitative estimate of drug-likeness (QED) is 0.298. The molecule has 0 bridgehead atoms. The summed E-state index contributed by atoms with van der Waals surface area (Å²) in [6, 6.07) is 8.75. The lowest BCUT2D eigenvalue weighted by atomic mass is 10.2. The van der Waals surface area contributed by atoms with Gasteiger partial charge in [0.1, 0.15) is 40.5 Å². The first kappa shape index (κ1) is 25.2. The molecule has 0 unspecified atom stereocenters. The summed E-state index contributed by atoms with van der Waals surface area (Å²) in [5.41, 5.74) is 3.54. The number of carbonyl (C=O) groups excluding carboxylic acids is 1. The highest BCUT2D eigenvalue weighted by molar-refractivity contribution is 5.87. The Morgan fingerprint density at radius 3 is 2.88 bits per heavy atom. The number of carbonyl (C=O) groups is 1. The molecule has 0 saturated carbocycles. The first-order valence-electron chi connectivity index (χ1n) is 12.6. The number of likely N-dealkylation sites (tertiary alicyclic amines) is 1. The number of imidazole rings is 1. The molecule has 1 fully saturated rings. The van der Waals surface area contributed by atoms with Gasteiger partial charge in [-0.05, 0) is 36.8 Å². The fraction of sp³-hybridized carbons (Fsp3) is 0.214. The monoisotopic (exact) mass is 540 g/mol. The van der Waals surface area contributed by atoms with E-state index in [-0.39, 0.29) is 18.0 Å². The predicted molar refractivity (Wildman–Crippen MR) is 146 cm³/mol. The average Bonchev–Trinajstić information content (AvgIpc) is 3.57. The molecule has 5 aromatic rings. The van der Waals surface area contributed by atoms with E-state index in [0.29, 0.717) is 58.9 Å². The molecule has 1 saturated heterocycles. The molecule has 1 aliphatic heterocycles. The van der Waals surface area contributed by atoms with Gasteiger partial charge >= 0.3 is 6.01 Å². The summed E-state index contributed by atoms with van der Waals surface area (Å²) in [4.78, 5) is 35.2. The Morgan fingerprint density at radius 1 is 1.18 bits per heavy atom. The van der Waals surface area contributed by atoms with Crippen molar-refractivity contribution >= 4 is 39.5 Å². The van der Waals surface area contributed by atoms with Gasteiger partial charge in [-0.3, -0.25) is 4.79 Å². The average molecular weight is 541 g/mol. The molecular formula is C28H25FN8O3. The number of amides is 1. The Kier molecular flexibility index (Phi) is 6.42. The van der Waals surface area contributed by atoms with E-state index in [9.17, 15) is 9.18 Å². The second-order valence-corrected chi connectivity index (χ2v) is 9.46. The Labute approximate surface area is 228 Å². The predicted octanol–water partition coefficient (Wildman–Crippen LogP) is 4.46. The zero-order valence-electron chi connectivity index (χ0n) is 21.8. The SMILES string of the molecule is C=CC(=O)N1CC[C@@H](Oc2ncc3ncnc(Nc4ccc(Oc5cc(F)c6c(c5)ncn6C)c(C)c4)c3n2)C1. The Morgan fingerprint density at radius 2 is 2.05 bits per heavy atom. The van der Waals surface area contributed by atoms with Gasteiger partial charge in [0.15, 0.2) is 11.6 Å². The fourth-order valence-electron chi connectivity index (χ4n) is 4.67. The third-order valence-electron chi connectivity index (χ3n) is 6.66. The van der Waals surface area contributed by atoms with Crippen LogP contribution in [0.15, 0.2) is 61.8 Å². The van der Waals surface area contributed by atoms with Crippen LogP contribution in [0.5, 0.6) is 17.5 Å². The van der Waals surface area contributed by atoms with Crippen molar-refractivity contribution in [2.45, 2.75) is 19.4 Å². The molecule has 0 spiro atoms. The maximum Gasteiger partial charge on any atom is 0.317 e. The number of fused-ring (bicyclic) bond motifs is 2. The molecule has 2 aromatic carbocycles. The van der Waals surface area contributed by atoms with Crippen LogP contribution in [-0.4, -0.2) is 59.5 Å². The largest absolute Gasteiger partial charge is 0.458 e. The van der Waals surface area contributed by atoms with Crippen LogP contribution in [-0.2, 0) is 11.8 Å². The maximum atomic E-state index is 14.6. The summed E-state index contributed by atoms with van der Waals surface area (Å²) in [7, 11) is 1.74. The van der Waals surface area contributed by atoms with E-state index in [1.165, 1.54) is 18.5 Å². The van der Waals surface area contributed by atoms with Crippen molar-refractivity contribution in [2.24, 2.45) is 7.05 Å². The van der Waals surface area contributed by atoms with Gasteiger partial charge in [0.25, 0.3) is 0 Å². The Hall–Kier alpha value is -5.13. The summed E-state index contributed by atoms with van der Waals surface area (Å²) in [5, 5.41) is 3.28. The third-order valence-corrected chi connectivity index (χ3v) is 6.66. The van der Waals surface area contributed by atoms with Gasteiger partial charge in [0.05, 0.1) is 24.6 Å². The molecule has 1 aliphatic rings. The van der Waals surface area contributed by atoms with Gasteiger partial charge < -0.3 is 24.3 Å². The standard InChI is InChI=1S/C28H25FN8O3/c1-4-24(38)37-8-7-18(13-37)40-28-30-12-22-25(35-28)27(32-14-31-22)34-17-5-6-23(16(2)9-17)39-19-10-20(29)26-21(11-19)33-15-36(26)3/h4-6,9-12,14-15,18H,1,7-8,13H2,2-3H3,(H,31,32,34)/t18-/m1/s1. The van der Waals surface area contributed by atoms with Gasteiger partial charge in [-0.2, -0.15) is 4.98 Å². The summed E-state index contributed by atoms with van der Waals surface area (Å²) in [5.74, 6) is 0.880. The molecular weight excluding hydrogens is 515 g/mol. The number of anilines is 2. The van der Waals surface area contributed by atoms with Gasteiger partial charge in [-0.15, -0.1) is 0 Å². The molecule has 40 heavy (non-hydrogen) atoms. The minimum atomic E-state index is -0.403. The highest BCUT2D eigenvalue weighted by atomic mass is 19.1. The number of hydrogen-bond acceptors (Lipinski definition) is 9. The summed E-state index contributed by atoms with van der Waals surface area (Å²) in [6.07, 6.45) is 6.32. The van der Waals surface area contributed by atoms with Crippen LogP contribution in [0.3, 0.4) is 0 Å². The number of nitrogens with one attached hydrogen (secondary N) is 1. The van der Waals surface area contributed by atoms with Crippen molar-refractivity contribution in [3.8, 4) is 17.5 Å². The lowest BCUT2D eigenvalue weighted by Gasteiger charge is -2.15. The van der Waals surface area contributed by atoms with E-state index in [1.807, 2.05) is 19.1 Å². The van der Waals surface area contributed by atoms with E-state index >= 15 is 0 Å².